The number of likely N-dealkylation sites (tertiary alicyclic amines) is 1. The third-order valence-corrected chi connectivity index (χ3v) is 6.84. The first-order valence-electron chi connectivity index (χ1n) is 11.9. The van der Waals surface area contributed by atoms with Crippen molar-refractivity contribution in [3.8, 4) is 11.5 Å². The van der Waals surface area contributed by atoms with Crippen LogP contribution in [0.1, 0.15) is 38.4 Å². The predicted molar refractivity (Wildman–Crippen MR) is 135 cm³/mol. The van der Waals surface area contributed by atoms with E-state index < -0.39 is 11.9 Å². The topological polar surface area (TPSA) is 130 Å². The Labute approximate surface area is 217 Å². The van der Waals surface area contributed by atoms with Gasteiger partial charge in [0.15, 0.2) is 0 Å². The van der Waals surface area contributed by atoms with Gasteiger partial charge in [0.1, 0.15) is 11.5 Å². The van der Waals surface area contributed by atoms with Crippen LogP contribution in [0, 0.1) is 0 Å². The highest BCUT2D eigenvalue weighted by Crippen LogP contribution is 2.26. The molecule has 2 aliphatic heterocycles. The highest BCUT2D eigenvalue weighted by atomic mass is 32.1. The van der Waals surface area contributed by atoms with E-state index in [2.05, 4.69) is 20.5 Å². The van der Waals surface area contributed by atoms with Crippen LogP contribution in [-0.2, 0) is 22.7 Å². The molecular formula is C26H26N4O6S. The Hall–Kier alpha value is -3.80. The number of hydrogen-bond donors (Lipinski definition) is 3. The van der Waals surface area contributed by atoms with Crippen molar-refractivity contribution in [3.05, 3.63) is 75.7 Å². The maximum atomic E-state index is 12.7. The van der Waals surface area contributed by atoms with Gasteiger partial charge in [0.25, 0.3) is 5.91 Å². The van der Waals surface area contributed by atoms with Gasteiger partial charge >= 0.3 is 5.97 Å². The number of carbonyl (C=O) groups excluding carboxylic acids is 2. The molecule has 37 heavy (non-hydrogen) atoms. The second-order valence-electron chi connectivity index (χ2n) is 9.00. The maximum Gasteiger partial charge on any atom is 0.335 e. The number of fused-ring (bicyclic) bond motifs is 5. The quantitative estimate of drug-likeness (QED) is 0.479. The van der Waals surface area contributed by atoms with Gasteiger partial charge in [0.05, 0.1) is 35.5 Å². The monoisotopic (exact) mass is 522 g/mol. The molecule has 0 unspecified atom stereocenters. The fourth-order valence-corrected chi connectivity index (χ4v) is 5.00. The molecule has 3 heterocycles. The highest BCUT2D eigenvalue weighted by Gasteiger charge is 2.35. The van der Waals surface area contributed by atoms with Crippen LogP contribution >= 0.6 is 11.3 Å². The molecular weight excluding hydrogens is 496 g/mol. The number of nitrogens with one attached hydrogen (secondary N) is 2. The maximum absolute atomic E-state index is 12.7. The molecule has 1 aromatic heterocycles. The van der Waals surface area contributed by atoms with Gasteiger partial charge in [-0.15, -0.1) is 11.3 Å². The minimum Gasteiger partial charge on any atom is -0.478 e. The van der Waals surface area contributed by atoms with Crippen LogP contribution in [-0.4, -0.2) is 64.6 Å². The van der Waals surface area contributed by atoms with E-state index in [0.717, 1.165) is 11.3 Å². The first kappa shape index (κ1) is 24.9. The lowest BCUT2D eigenvalue weighted by Gasteiger charge is -2.20. The molecule has 1 fully saturated rings. The minimum absolute atomic E-state index is 0.0732. The summed E-state index contributed by atoms with van der Waals surface area (Å²) in [6.45, 7) is 2.33. The molecule has 5 rings (SSSR count). The number of benzene rings is 2. The lowest BCUT2D eigenvalue weighted by atomic mass is 10.1. The van der Waals surface area contributed by atoms with Crippen LogP contribution in [0.25, 0.3) is 0 Å². The number of aromatic carboxylic acids is 1. The molecule has 3 aromatic rings. The van der Waals surface area contributed by atoms with Crippen molar-refractivity contribution in [1.82, 2.24) is 20.5 Å². The smallest absolute Gasteiger partial charge is 0.335 e. The molecule has 3 N–H and O–H groups in total. The van der Waals surface area contributed by atoms with Crippen molar-refractivity contribution in [2.24, 2.45) is 0 Å². The fourth-order valence-electron chi connectivity index (χ4n) is 4.45. The number of thiazole rings is 1. The Morgan fingerprint density at radius 2 is 2.05 bits per heavy atom. The van der Waals surface area contributed by atoms with E-state index in [1.54, 1.807) is 29.0 Å². The molecule has 4 bridgehead atoms. The lowest BCUT2D eigenvalue weighted by molar-refractivity contribution is -0.122. The number of hydrogen-bond acceptors (Lipinski definition) is 8. The van der Waals surface area contributed by atoms with Gasteiger partial charge < -0.3 is 25.2 Å². The molecule has 0 radical (unpaired) electrons. The van der Waals surface area contributed by atoms with Crippen LogP contribution in [0.2, 0.25) is 0 Å². The zero-order valence-electron chi connectivity index (χ0n) is 19.9. The average molecular weight is 523 g/mol. The number of rotatable bonds is 3. The summed E-state index contributed by atoms with van der Waals surface area (Å²) in [4.78, 5) is 43.6. The molecule has 2 atom stereocenters. The Balaban J connectivity index is 1.39. The van der Waals surface area contributed by atoms with Gasteiger partial charge in [0.2, 0.25) is 5.91 Å². The number of carboxylic acids is 1. The van der Waals surface area contributed by atoms with Gasteiger partial charge in [0, 0.05) is 43.5 Å². The highest BCUT2D eigenvalue weighted by molar-refractivity contribution is 7.07. The largest absolute Gasteiger partial charge is 0.478 e. The summed E-state index contributed by atoms with van der Waals surface area (Å²) >= 11 is 1.55. The molecule has 0 spiro atoms. The van der Waals surface area contributed by atoms with Crippen LogP contribution in [0.15, 0.2) is 53.4 Å². The Bertz CT molecular complexity index is 1300. The second-order valence-corrected chi connectivity index (χ2v) is 9.72. The number of aromatic nitrogens is 1. The molecule has 0 saturated carbocycles. The molecule has 192 valence electrons. The predicted octanol–water partition coefficient (Wildman–Crippen LogP) is 2.65. The van der Waals surface area contributed by atoms with Gasteiger partial charge in [-0.25, -0.2) is 9.78 Å². The first-order chi connectivity index (χ1) is 17.9. The zero-order valence-corrected chi connectivity index (χ0v) is 20.7. The summed E-state index contributed by atoms with van der Waals surface area (Å²) in [5, 5.41) is 17.2. The number of nitrogens with zero attached hydrogens (tertiary/aromatic N) is 2. The van der Waals surface area contributed by atoms with Crippen LogP contribution in [0.3, 0.4) is 0 Å². The molecule has 1 saturated heterocycles. The number of ether oxygens (including phenoxy) is 2. The van der Waals surface area contributed by atoms with Crippen LogP contribution in [0.4, 0.5) is 0 Å². The van der Waals surface area contributed by atoms with E-state index in [-0.39, 0.29) is 47.9 Å². The summed E-state index contributed by atoms with van der Waals surface area (Å²) in [5.41, 5.74) is 3.69. The van der Waals surface area contributed by atoms with Crippen molar-refractivity contribution in [3.63, 3.8) is 0 Å². The molecule has 11 heteroatoms. The fraction of sp³-hybridized carbons (Fsp3) is 0.308. The standard InChI is InChI=1S/C26H26N4O6S/c31-24-4-5-27-25(32)17-7-18(26(33)34)9-21(8-17)36-20-3-1-2-16(6-20)13-35-23-12-30(11-22(23)29-24)10-19-14-37-15-28-19/h1-3,6-9,14-15,22-23H,4-5,10-13H2,(H,27,32)(H,29,31)(H,33,34)/t22-,23-/m0/s1. The van der Waals surface area contributed by atoms with Crippen molar-refractivity contribution >= 4 is 29.1 Å². The van der Waals surface area contributed by atoms with Gasteiger partial charge in [-0.3, -0.25) is 14.5 Å². The van der Waals surface area contributed by atoms with E-state index in [9.17, 15) is 19.5 Å². The molecule has 0 aliphatic carbocycles. The third-order valence-electron chi connectivity index (χ3n) is 6.21. The van der Waals surface area contributed by atoms with Crippen molar-refractivity contribution in [2.45, 2.75) is 31.7 Å². The third kappa shape index (κ3) is 6.31. The number of amides is 2. The number of carbonyl (C=O) groups is 3. The van der Waals surface area contributed by atoms with Gasteiger partial charge in [-0.2, -0.15) is 0 Å². The average Bonchev–Trinajstić information content (AvgIpc) is 3.52. The number of carboxylic acid groups (broad SMARTS) is 1. The second kappa shape index (κ2) is 11.1. The normalized spacial score (nSPS) is 20.8. The summed E-state index contributed by atoms with van der Waals surface area (Å²) in [6.07, 6.45) is -0.158. The van der Waals surface area contributed by atoms with E-state index in [1.165, 1.54) is 18.2 Å². The van der Waals surface area contributed by atoms with E-state index >= 15 is 0 Å². The van der Waals surface area contributed by atoms with Crippen LogP contribution in [0.5, 0.6) is 11.5 Å². The summed E-state index contributed by atoms with van der Waals surface area (Å²) in [6, 6.07) is 11.2. The molecule has 2 amide bonds. The molecule has 2 aromatic carbocycles. The Morgan fingerprint density at radius 3 is 2.86 bits per heavy atom. The zero-order chi connectivity index (χ0) is 25.8. The van der Waals surface area contributed by atoms with Gasteiger partial charge in [-0.1, -0.05) is 12.1 Å². The van der Waals surface area contributed by atoms with Crippen LogP contribution < -0.4 is 15.4 Å². The summed E-state index contributed by atoms with van der Waals surface area (Å²) in [5.74, 6) is -1.17. The molecule has 2 aliphatic rings. The minimum atomic E-state index is -1.18. The Kier molecular flexibility index (Phi) is 7.45. The summed E-state index contributed by atoms with van der Waals surface area (Å²) < 4.78 is 12.2. The van der Waals surface area contributed by atoms with Gasteiger partial charge in [-0.05, 0) is 35.9 Å². The van der Waals surface area contributed by atoms with Crippen molar-refractivity contribution in [1.29, 1.82) is 0 Å². The van der Waals surface area contributed by atoms with E-state index in [4.69, 9.17) is 9.47 Å². The van der Waals surface area contributed by atoms with Crippen molar-refractivity contribution in [2.75, 3.05) is 19.6 Å². The molecule has 10 nitrogen and oxygen atoms in total. The van der Waals surface area contributed by atoms with E-state index in [1.807, 2.05) is 17.5 Å². The lowest BCUT2D eigenvalue weighted by Crippen LogP contribution is -2.44. The van der Waals surface area contributed by atoms with E-state index in [0.29, 0.717) is 32.0 Å². The Morgan fingerprint density at radius 1 is 1.16 bits per heavy atom. The summed E-state index contributed by atoms with van der Waals surface area (Å²) in [7, 11) is 0. The first-order valence-corrected chi connectivity index (χ1v) is 12.8. The SMILES string of the molecule is O=C1CCNC(=O)c2cc(cc(C(=O)O)c2)Oc2cccc(c2)CO[C@H]2CN(Cc3cscn3)C[C@@H]2N1. The van der Waals surface area contributed by atoms with Crippen molar-refractivity contribution < 1.29 is 29.0 Å².